The fourth-order valence-corrected chi connectivity index (χ4v) is 5.02. The van der Waals surface area contributed by atoms with Gasteiger partial charge in [-0.05, 0) is 23.4 Å². The summed E-state index contributed by atoms with van der Waals surface area (Å²) in [5.74, 6) is 0.213. The summed E-state index contributed by atoms with van der Waals surface area (Å²) in [6, 6.07) is 2.46. The van der Waals surface area contributed by atoms with E-state index < -0.39 is 9.84 Å². The topological polar surface area (TPSA) is 46.2 Å². The van der Waals surface area contributed by atoms with Crippen LogP contribution in [-0.4, -0.2) is 32.2 Å². The molecule has 2 atom stereocenters. The minimum absolute atomic E-state index is 0.213. The van der Waals surface area contributed by atoms with Gasteiger partial charge >= 0.3 is 0 Å². The summed E-state index contributed by atoms with van der Waals surface area (Å²) in [7, 11) is -2.87. The Balaban J connectivity index is 1.98. The summed E-state index contributed by atoms with van der Waals surface area (Å²) in [6.45, 7) is 2.76. The predicted molar refractivity (Wildman–Crippen MR) is 74.7 cm³/mol. The molecule has 17 heavy (non-hydrogen) atoms. The van der Waals surface area contributed by atoms with Crippen LogP contribution in [0.2, 0.25) is 0 Å². The molecule has 0 fully saturated rings. The molecular formula is C11H17NO2S3. The zero-order valence-corrected chi connectivity index (χ0v) is 12.4. The summed E-state index contributed by atoms with van der Waals surface area (Å²) >= 11 is 3.70. The van der Waals surface area contributed by atoms with Crippen LogP contribution in [0.1, 0.15) is 24.9 Å². The second kappa shape index (κ2) is 5.30. The van der Waals surface area contributed by atoms with Gasteiger partial charge in [0.15, 0.2) is 0 Å². The van der Waals surface area contributed by atoms with Crippen LogP contribution in [0.15, 0.2) is 15.7 Å². The van der Waals surface area contributed by atoms with Gasteiger partial charge in [0.25, 0.3) is 0 Å². The maximum Gasteiger partial charge on any atom is 0.148 e. The fourth-order valence-electron chi connectivity index (χ4n) is 1.96. The third kappa shape index (κ3) is 3.71. The second-order valence-corrected chi connectivity index (χ2v) is 9.35. The van der Waals surface area contributed by atoms with E-state index in [2.05, 4.69) is 23.7 Å². The first-order valence-electron chi connectivity index (χ1n) is 5.61. The SMILES string of the molecule is C[C@H]1CC(NCCS(C)(=O)=O)c2ccsc2S1. The van der Waals surface area contributed by atoms with Crippen LogP contribution >= 0.6 is 23.1 Å². The molecule has 96 valence electrons. The standard InChI is InChI=1S/C11H17NO2S3/c1-8-7-10(12-4-6-17(2,13)14)9-3-5-15-11(9)16-8/h3,5,8,10,12H,4,6-7H2,1-2H3/t8-,10?/m0/s1. The molecule has 3 nitrogen and oxygen atoms in total. The van der Waals surface area contributed by atoms with Crippen LogP contribution < -0.4 is 5.32 Å². The zero-order chi connectivity index (χ0) is 12.5. The molecular weight excluding hydrogens is 274 g/mol. The van der Waals surface area contributed by atoms with Crippen molar-refractivity contribution in [3.63, 3.8) is 0 Å². The highest BCUT2D eigenvalue weighted by Crippen LogP contribution is 2.43. The van der Waals surface area contributed by atoms with E-state index in [4.69, 9.17) is 0 Å². The number of hydrogen-bond acceptors (Lipinski definition) is 5. The summed E-state index contributed by atoms with van der Waals surface area (Å²) in [4.78, 5) is 0. The lowest BCUT2D eigenvalue weighted by atomic mass is 10.1. The highest BCUT2D eigenvalue weighted by Gasteiger charge is 2.25. The van der Waals surface area contributed by atoms with E-state index >= 15 is 0 Å². The number of hydrogen-bond donors (Lipinski definition) is 1. The van der Waals surface area contributed by atoms with Gasteiger partial charge in [0, 0.05) is 24.1 Å². The molecule has 6 heteroatoms. The van der Waals surface area contributed by atoms with Crippen molar-refractivity contribution in [3.8, 4) is 0 Å². The summed E-state index contributed by atoms with van der Waals surface area (Å²) in [5.41, 5.74) is 1.34. The van der Waals surface area contributed by atoms with Gasteiger partial charge in [-0.3, -0.25) is 0 Å². The minimum Gasteiger partial charge on any atom is -0.309 e. The number of sulfone groups is 1. The molecule has 0 aliphatic carbocycles. The zero-order valence-electron chi connectivity index (χ0n) is 9.97. The Morgan fingerprint density at radius 3 is 3.00 bits per heavy atom. The van der Waals surface area contributed by atoms with Gasteiger partial charge in [0.1, 0.15) is 9.84 Å². The summed E-state index contributed by atoms with van der Waals surface area (Å²) < 4.78 is 23.6. The van der Waals surface area contributed by atoms with E-state index in [9.17, 15) is 8.42 Å². The minimum atomic E-state index is -2.87. The molecule has 1 N–H and O–H groups in total. The Kier molecular flexibility index (Phi) is 4.18. The van der Waals surface area contributed by atoms with E-state index in [1.54, 1.807) is 11.3 Å². The maximum absolute atomic E-state index is 11.1. The molecule has 0 aromatic carbocycles. The first-order valence-corrected chi connectivity index (χ1v) is 9.43. The molecule has 0 radical (unpaired) electrons. The van der Waals surface area contributed by atoms with Crippen LogP contribution in [0.4, 0.5) is 0 Å². The van der Waals surface area contributed by atoms with Crippen LogP contribution in [0, 0.1) is 0 Å². The Hall–Kier alpha value is -0.0400. The van der Waals surface area contributed by atoms with Crippen molar-refractivity contribution in [2.24, 2.45) is 0 Å². The van der Waals surface area contributed by atoms with Crippen LogP contribution in [-0.2, 0) is 9.84 Å². The van der Waals surface area contributed by atoms with E-state index in [1.165, 1.54) is 16.0 Å². The molecule has 0 saturated heterocycles. The van der Waals surface area contributed by atoms with E-state index in [0.717, 1.165) is 6.42 Å². The second-order valence-electron chi connectivity index (χ2n) is 4.46. The molecule has 1 aromatic heterocycles. The quantitative estimate of drug-likeness (QED) is 0.924. The van der Waals surface area contributed by atoms with Crippen LogP contribution in [0.3, 0.4) is 0 Å². The average molecular weight is 291 g/mol. The lowest BCUT2D eigenvalue weighted by Gasteiger charge is -2.27. The van der Waals surface area contributed by atoms with Gasteiger partial charge in [-0.15, -0.1) is 23.1 Å². The highest BCUT2D eigenvalue weighted by molar-refractivity contribution is 8.01. The number of fused-ring (bicyclic) bond motifs is 1. The van der Waals surface area contributed by atoms with Crippen molar-refractivity contribution in [1.82, 2.24) is 5.32 Å². The van der Waals surface area contributed by atoms with E-state index in [-0.39, 0.29) is 5.75 Å². The Bertz CT molecular complexity index is 481. The summed E-state index contributed by atoms with van der Waals surface area (Å²) in [6.07, 6.45) is 2.35. The first kappa shape index (κ1) is 13.4. The molecule has 1 aliphatic rings. The lowest BCUT2D eigenvalue weighted by Crippen LogP contribution is -2.30. The number of thioether (sulfide) groups is 1. The van der Waals surface area contributed by atoms with Gasteiger partial charge in [0.2, 0.25) is 0 Å². The molecule has 0 amide bonds. The van der Waals surface area contributed by atoms with Gasteiger partial charge < -0.3 is 5.32 Å². The largest absolute Gasteiger partial charge is 0.309 e. The van der Waals surface area contributed by atoms with Crippen LogP contribution in [0.5, 0.6) is 0 Å². The maximum atomic E-state index is 11.1. The van der Waals surface area contributed by atoms with Gasteiger partial charge in [-0.1, -0.05) is 6.92 Å². The molecule has 1 unspecified atom stereocenters. The third-order valence-electron chi connectivity index (χ3n) is 2.77. The Labute approximate surface area is 111 Å². The van der Waals surface area contributed by atoms with Crippen LogP contribution in [0.25, 0.3) is 0 Å². The molecule has 2 rings (SSSR count). The Morgan fingerprint density at radius 2 is 2.29 bits per heavy atom. The monoisotopic (exact) mass is 291 g/mol. The fraction of sp³-hybridized carbons (Fsp3) is 0.636. The molecule has 0 saturated carbocycles. The highest BCUT2D eigenvalue weighted by atomic mass is 32.2. The first-order chi connectivity index (χ1) is 7.96. The van der Waals surface area contributed by atoms with E-state index in [0.29, 0.717) is 17.8 Å². The molecule has 1 aliphatic heterocycles. The molecule has 2 heterocycles. The normalized spacial score (nSPS) is 24.6. The smallest absolute Gasteiger partial charge is 0.148 e. The molecule has 1 aromatic rings. The lowest BCUT2D eigenvalue weighted by molar-refractivity contribution is 0.501. The number of rotatable bonds is 4. The third-order valence-corrected chi connectivity index (χ3v) is 6.06. The van der Waals surface area contributed by atoms with Gasteiger partial charge in [0.05, 0.1) is 9.96 Å². The molecule has 0 spiro atoms. The average Bonchev–Trinajstić information content (AvgIpc) is 2.63. The van der Waals surface area contributed by atoms with Crippen molar-refractivity contribution >= 4 is 32.9 Å². The van der Waals surface area contributed by atoms with Crippen molar-refractivity contribution < 1.29 is 8.42 Å². The number of nitrogens with one attached hydrogen (secondary N) is 1. The van der Waals surface area contributed by atoms with Gasteiger partial charge in [-0.2, -0.15) is 0 Å². The van der Waals surface area contributed by atoms with Crippen molar-refractivity contribution in [2.75, 3.05) is 18.6 Å². The van der Waals surface area contributed by atoms with Crippen molar-refractivity contribution in [3.05, 3.63) is 17.0 Å². The van der Waals surface area contributed by atoms with Crippen molar-refractivity contribution in [1.29, 1.82) is 0 Å². The Morgan fingerprint density at radius 1 is 1.53 bits per heavy atom. The summed E-state index contributed by atoms with van der Waals surface area (Å²) in [5, 5.41) is 6.07. The van der Waals surface area contributed by atoms with E-state index in [1.807, 2.05) is 11.8 Å². The van der Waals surface area contributed by atoms with Crippen molar-refractivity contribution in [2.45, 2.75) is 28.8 Å². The molecule has 0 bridgehead atoms. The predicted octanol–water partition coefficient (Wildman–Crippen LogP) is 2.31. The number of thiophene rings is 1. The van der Waals surface area contributed by atoms with Gasteiger partial charge in [-0.25, -0.2) is 8.42 Å².